The van der Waals surface area contributed by atoms with E-state index in [-0.39, 0.29) is 11.1 Å². The van der Waals surface area contributed by atoms with E-state index in [4.69, 9.17) is 30.5 Å². The summed E-state index contributed by atoms with van der Waals surface area (Å²) in [5.74, 6) is 1.05. The van der Waals surface area contributed by atoms with Gasteiger partial charge in [-0.15, -0.1) is 0 Å². The van der Waals surface area contributed by atoms with Gasteiger partial charge in [0.25, 0.3) is 5.56 Å². The summed E-state index contributed by atoms with van der Waals surface area (Å²) < 4.78 is 24.5. The number of aromatic nitrogens is 1. The molecule has 0 N–H and O–H groups in total. The van der Waals surface area contributed by atoms with Gasteiger partial charge in [0.2, 0.25) is 0 Å². The first-order chi connectivity index (χ1) is 20.3. The Morgan fingerprint density at radius 2 is 1.79 bits per heavy atom. The largest absolute Gasteiger partial charge is 0.496 e. The molecule has 0 radical (unpaired) electrons. The van der Waals surface area contributed by atoms with Crippen molar-refractivity contribution in [2.24, 2.45) is 4.99 Å². The molecule has 0 spiro atoms. The number of esters is 1. The molecule has 0 fully saturated rings. The van der Waals surface area contributed by atoms with Crippen molar-refractivity contribution < 1.29 is 23.7 Å². The number of thiazole rings is 1. The Morgan fingerprint density at radius 3 is 2.50 bits per heavy atom. The summed E-state index contributed by atoms with van der Waals surface area (Å²) in [6.07, 6.45) is 1.77. The number of hydrogen-bond donors (Lipinski definition) is 0. The van der Waals surface area contributed by atoms with Gasteiger partial charge >= 0.3 is 5.97 Å². The van der Waals surface area contributed by atoms with Crippen molar-refractivity contribution in [1.82, 2.24) is 4.57 Å². The van der Waals surface area contributed by atoms with Crippen LogP contribution in [0.5, 0.6) is 17.2 Å². The minimum atomic E-state index is -0.850. The first-order valence-electron chi connectivity index (χ1n) is 13.2. The molecule has 1 aromatic heterocycles. The molecular weight excluding hydrogens is 576 g/mol. The van der Waals surface area contributed by atoms with Gasteiger partial charge in [-0.05, 0) is 61.4 Å². The maximum absolute atomic E-state index is 14.0. The number of halogens is 1. The topological polar surface area (TPSA) is 88.4 Å². The summed E-state index contributed by atoms with van der Waals surface area (Å²) in [5, 5.41) is 0.435. The molecule has 4 aromatic rings. The van der Waals surface area contributed by atoms with Crippen LogP contribution >= 0.6 is 22.9 Å². The molecule has 0 unspecified atom stereocenters. The molecule has 1 atom stereocenters. The maximum atomic E-state index is 14.0. The van der Waals surface area contributed by atoms with Crippen LogP contribution in [-0.4, -0.2) is 31.4 Å². The van der Waals surface area contributed by atoms with E-state index in [1.54, 1.807) is 31.2 Å². The molecule has 10 heteroatoms. The number of rotatable bonds is 9. The summed E-state index contributed by atoms with van der Waals surface area (Å²) in [6.45, 7) is 4.46. The van der Waals surface area contributed by atoms with Gasteiger partial charge in [0.05, 0.1) is 36.6 Å². The highest BCUT2D eigenvalue weighted by atomic mass is 35.5. The zero-order valence-corrected chi connectivity index (χ0v) is 25.1. The minimum absolute atomic E-state index is 0.232. The lowest BCUT2D eigenvalue weighted by Gasteiger charge is -2.25. The predicted molar refractivity (Wildman–Crippen MR) is 162 cm³/mol. The number of carbonyl (C=O) groups is 1. The SMILES string of the molecule is CCOc1cc(/C=c2\sc3n(c2=O)[C@@H](c2cc(Cl)ccc2OC)C(C(=O)OC)=C(C)N=3)ccc1OCc1ccccc1. The summed E-state index contributed by atoms with van der Waals surface area (Å²) in [7, 11) is 2.82. The molecule has 0 bridgehead atoms. The number of nitrogens with zero attached hydrogens (tertiary/aromatic N) is 2. The van der Waals surface area contributed by atoms with Crippen molar-refractivity contribution in [2.75, 3.05) is 20.8 Å². The Morgan fingerprint density at radius 1 is 1.02 bits per heavy atom. The van der Waals surface area contributed by atoms with Gasteiger partial charge in [0.15, 0.2) is 16.3 Å². The molecule has 0 saturated carbocycles. The Balaban J connectivity index is 1.60. The lowest BCUT2D eigenvalue weighted by Crippen LogP contribution is -2.40. The third-order valence-electron chi connectivity index (χ3n) is 6.72. The summed E-state index contributed by atoms with van der Waals surface area (Å²) >= 11 is 7.58. The highest BCUT2D eigenvalue weighted by Gasteiger charge is 2.35. The predicted octanol–water partition coefficient (Wildman–Crippen LogP) is 5.05. The molecule has 216 valence electrons. The first kappa shape index (κ1) is 29.2. The lowest BCUT2D eigenvalue weighted by molar-refractivity contribution is -0.136. The molecule has 0 saturated heterocycles. The summed E-state index contributed by atoms with van der Waals surface area (Å²) in [5.41, 5.74) is 2.69. The van der Waals surface area contributed by atoms with E-state index in [1.807, 2.05) is 55.5 Å². The molecule has 2 heterocycles. The van der Waals surface area contributed by atoms with Crippen LogP contribution in [0.2, 0.25) is 5.02 Å². The molecule has 42 heavy (non-hydrogen) atoms. The van der Waals surface area contributed by atoms with Gasteiger partial charge in [-0.3, -0.25) is 9.36 Å². The highest BCUT2D eigenvalue weighted by Crippen LogP contribution is 2.37. The Kier molecular flexibility index (Phi) is 8.80. The Hall–Kier alpha value is -4.34. The zero-order chi connectivity index (χ0) is 29.8. The maximum Gasteiger partial charge on any atom is 0.338 e. The van der Waals surface area contributed by atoms with Crippen molar-refractivity contribution in [3.63, 3.8) is 0 Å². The van der Waals surface area contributed by atoms with Gasteiger partial charge in [0.1, 0.15) is 18.4 Å². The monoisotopic (exact) mass is 604 g/mol. The van der Waals surface area contributed by atoms with E-state index >= 15 is 0 Å². The standard InChI is InChI=1S/C32H29ClN2O6S/c1-5-40-26-15-21(11-13-25(26)41-18-20-9-7-6-8-10-20)16-27-30(36)35-29(23-17-22(33)12-14-24(23)38-3)28(31(37)39-4)19(2)34-32(35)42-27/h6-17,29H,5,18H2,1-4H3/b27-16-/t29-/m0/s1. The lowest BCUT2D eigenvalue weighted by atomic mass is 9.95. The smallest absolute Gasteiger partial charge is 0.338 e. The number of methoxy groups -OCH3 is 2. The third-order valence-corrected chi connectivity index (χ3v) is 7.93. The van der Waals surface area contributed by atoms with Crippen LogP contribution in [0.15, 0.2) is 87.8 Å². The molecular formula is C32H29ClN2O6S. The molecule has 1 aliphatic heterocycles. The van der Waals surface area contributed by atoms with Crippen LogP contribution in [0, 0.1) is 0 Å². The van der Waals surface area contributed by atoms with Gasteiger partial charge in [-0.25, -0.2) is 9.79 Å². The zero-order valence-electron chi connectivity index (χ0n) is 23.5. The van der Waals surface area contributed by atoms with E-state index < -0.39 is 12.0 Å². The first-order valence-corrected chi connectivity index (χ1v) is 14.4. The minimum Gasteiger partial charge on any atom is -0.496 e. The van der Waals surface area contributed by atoms with E-state index in [9.17, 15) is 9.59 Å². The second-order valence-corrected chi connectivity index (χ2v) is 10.8. The second-order valence-electron chi connectivity index (χ2n) is 9.37. The fraction of sp³-hybridized carbons (Fsp3) is 0.219. The van der Waals surface area contributed by atoms with E-state index in [1.165, 1.54) is 30.1 Å². The number of hydrogen-bond acceptors (Lipinski definition) is 8. The molecule has 1 aliphatic rings. The third kappa shape index (κ3) is 5.84. The fourth-order valence-electron chi connectivity index (χ4n) is 4.79. The number of carbonyl (C=O) groups excluding carboxylic acids is 1. The van der Waals surface area contributed by atoms with Gasteiger partial charge in [-0.2, -0.15) is 0 Å². The molecule has 3 aromatic carbocycles. The van der Waals surface area contributed by atoms with Crippen LogP contribution < -0.4 is 29.1 Å². The number of benzene rings is 3. The molecule has 0 amide bonds. The van der Waals surface area contributed by atoms with Crippen LogP contribution in [0.3, 0.4) is 0 Å². The van der Waals surface area contributed by atoms with Crippen molar-refractivity contribution in [3.8, 4) is 17.2 Å². The summed E-state index contributed by atoms with van der Waals surface area (Å²) in [6, 6.07) is 19.6. The van der Waals surface area contributed by atoms with Crippen LogP contribution in [-0.2, 0) is 16.1 Å². The molecule has 5 rings (SSSR count). The normalized spacial score (nSPS) is 14.7. The molecule has 0 aliphatic carbocycles. The van der Waals surface area contributed by atoms with Gasteiger partial charge in [-0.1, -0.05) is 59.3 Å². The van der Waals surface area contributed by atoms with Crippen molar-refractivity contribution in [2.45, 2.75) is 26.5 Å². The highest BCUT2D eigenvalue weighted by molar-refractivity contribution is 7.07. The number of fused-ring (bicyclic) bond motifs is 1. The average molecular weight is 605 g/mol. The van der Waals surface area contributed by atoms with Crippen molar-refractivity contribution in [3.05, 3.63) is 119 Å². The van der Waals surface area contributed by atoms with E-state index in [2.05, 4.69) is 4.99 Å². The van der Waals surface area contributed by atoms with Crippen LogP contribution in [0.4, 0.5) is 0 Å². The number of allylic oxidation sites excluding steroid dienone is 1. The second kappa shape index (κ2) is 12.7. The van der Waals surface area contributed by atoms with Crippen LogP contribution in [0.25, 0.3) is 6.08 Å². The molecule has 8 nitrogen and oxygen atoms in total. The van der Waals surface area contributed by atoms with Gasteiger partial charge in [0, 0.05) is 10.6 Å². The summed E-state index contributed by atoms with van der Waals surface area (Å²) in [4.78, 5) is 32.0. The number of ether oxygens (including phenoxy) is 4. The van der Waals surface area contributed by atoms with Crippen molar-refractivity contribution in [1.29, 1.82) is 0 Å². The Labute approximate surface area is 251 Å². The average Bonchev–Trinajstić information content (AvgIpc) is 3.30. The van der Waals surface area contributed by atoms with E-state index in [0.29, 0.717) is 56.1 Å². The van der Waals surface area contributed by atoms with Crippen LogP contribution in [0.1, 0.15) is 36.6 Å². The van der Waals surface area contributed by atoms with E-state index in [0.717, 1.165) is 11.1 Å². The fourth-order valence-corrected chi connectivity index (χ4v) is 6.02. The Bertz CT molecular complexity index is 1840. The quantitative estimate of drug-likeness (QED) is 0.249. The van der Waals surface area contributed by atoms with Crippen molar-refractivity contribution >= 4 is 35.0 Å². The van der Waals surface area contributed by atoms with Gasteiger partial charge < -0.3 is 18.9 Å².